The first-order chi connectivity index (χ1) is 4.09. The predicted molar refractivity (Wildman–Crippen MR) is 39.5 cm³/mol. The number of thiocarbonyl (C=S) groups is 1. The molecule has 0 amide bonds. The highest BCUT2D eigenvalue weighted by Gasteiger charge is 2.14. The van der Waals surface area contributed by atoms with Crippen molar-refractivity contribution in [2.75, 3.05) is 0 Å². The van der Waals surface area contributed by atoms with Crippen molar-refractivity contribution < 1.29 is 0 Å². The summed E-state index contributed by atoms with van der Waals surface area (Å²) in [6.45, 7) is 1.70. The summed E-state index contributed by atoms with van der Waals surface area (Å²) in [5, 5.41) is 8.37. The average molecular weight is 143 g/mol. The van der Waals surface area contributed by atoms with E-state index in [9.17, 15) is 0 Å². The van der Waals surface area contributed by atoms with Gasteiger partial charge in [0.2, 0.25) is 0 Å². The van der Waals surface area contributed by atoms with Crippen LogP contribution in [0, 0.1) is 17.2 Å². The van der Waals surface area contributed by atoms with Gasteiger partial charge < -0.3 is 11.5 Å². The molecule has 0 heterocycles. The Kier molecular flexibility index (Phi) is 3.13. The Morgan fingerprint density at radius 2 is 2.22 bits per heavy atom. The minimum absolute atomic E-state index is 0.174. The molecule has 0 bridgehead atoms. The van der Waals surface area contributed by atoms with Crippen LogP contribution in [0.4, 0.5) is 0 Å². The molecule has 2 unspecified atom stereocenters. The summed E-state index contributed by atoms with van der Waals surface area (Å²) in [6, 6.07) is 1.64. The van der Waals surface area contributed by atoms with Crippen LogP contribution in [0.2, 0.25) is 0 Å². The zero-order valence-corrected chi connectivity index (χ0v) is 5.98. The maximum absolute atomic E-state index is 8.37. The summed E-state index contributed by atoms with van der Waals surface area (Å²) in [4.78, 5) is 0.174. The maximum atomic E-state index is 8.37. The summed E-state index contributed by atoms with van der Waals surface area (Å²) >= 11 is 4.57. The van der Waals surface area contributed by atoms with Gasteiger partial charge in [-0.2, -0.15) is 5.26 Å². The van der Waals surface area contributed by atoms with E-state index in [0.29, 0.717) is 0 Å². The molecule has 0 aliphatic carbocycles. The molecule has 0 saturated carbocycles. The minimum Gasteiger partial charge on any atom is -0.392 e. The van der Waals surface area contributed by atoms with Crippen molar-refractivity contribution >= 4 is 17.2 Å². The molecular formula is C5H9N3S. The lowest BCUT2D eigenvalue weighted by Crippen LogP contribution is -2.34. The topological polar surface area (TPSA) is 75.8 Å². The highest BCUT2D eigenvalue weighted by Crippen LogP contribution is 1.98. The first-order valence-electron chi connectivity index (χ1n) is 2.54. The van der Waals surface area contributed by atoms with Gasteiger partial charge in [0.05, 0.1) is 11.1 Å². The van der Waals surface area contributed by atoms with Crippen LogP contribution < -0.4 is 11.5 Å². The normalized spacial score (nSPS) is 15.7. The quantitative estimate of drug-likeness (QED) is 0.523. The zero-order valence-electron chi connectivity index (χ0n) is 5.16. The van der Waals surface area contributed by atoms with Crippen molar-refractivity contribution in [2.24, 2.45) is 17.4 Å². The second-order valence-electron chi connectivity index (χ2n) is 1.87. The van der Waals surface area contributed by atoms with Crippen LogP contribution in [0.1, 0.15) is 6.92 Å². The molecule has 3 nitrogen and oxygen atoms in total. The molecule has 0 spiro atoms. The Bertz CT molecular complexity index is 147. The summed E-state index contributed by atoms with van der Waals surface area (Å²) in [5.74, 6) is -0.486. The fourth-order valence-electron chi connectivity index (χ4n) is 0.440. The Morgan fingerprint density at radius 1 is 1.78 bits per heavy atom. The van der Waals surface area contributed by atoms with Gasteiger partial charge in [-0.3, -0.25) is 0 Å². The van der Waals surface area contributed by atoms with E-state index in [0.717, 1.165) is 0 Å². The van der Waals surface area contributed by atoms with Gasteiger partial charge in [-0.15, -0.1) is 0 Å². The third-order valence-electron chi connectivity index (χ3n) is 0.971. The Labute approximate surface area is 59.6 Å². The molecule has 0 aromatic heterocycles. The van der Waals surface area contributed by atoms with Gasteiger partial charge >= 0.3 is 0 Å². The Hall–Kier alpha value is -0.660. The minimum atomic E-state index is -0.486. The molecule has 0 aromatic carbocycles. The van der Waals surface area contributed by atoms with Crippen molar-refractivity contribution in [2.45, 2.75) is 13.0 Å². The third-order valence-corrected chi connectivity index (χ3v) is 1.23. The van der Waals surface area contributed by atoms with Crippen molar-refractivity contribution in [3.63, 3.8) is 0 Å². The van der Waals surface area contributed by atoms with E-state index in [4.69, 9.17) is 16.7 Å². The van der Waals surface area contributed by atoms with E-state index in [1.807, 2.05) is 6.07 Å². The van der Waals surface area contributed by atoms with E-state index >= 15 is 0 Å². The maximum Gasteiger partial charge on any atom is 0.111 e. The van der Waals surface area contributed by atoms with Crippen LogP contribution in [0.3, 0.4) is 0 Å². The smallest absolute Gasteiger partial charge is 0.111 e. The summed E-state index contributed by atoms with van der Waals surface area (Å²) in [5.41, 5.74) is 10.5. The summed E-state index contributed by atoms with van der Waals surface area (Å²) < 4.78 is 0. The lowest BCUT2D eigenvalue weighted by atomic mass is 10.1. The molecule has 2 atom stereocenters. The van der Waals surface area contributed by atoms with E-state index in [-0.39, 0.29) is 11.0 Å². The van der Waals surface area contributed by atoms with Gasteiger partial charge in [0.25, 0.3) is 0 Å². The standard InChI is InChI=1S/C5H9N3S/c1-3(7)4(2-6)5(8)9/h3-4H,7H2,1H3,(H2,8,9). The predicted octanol–water partition coefficient (Wildman–Crippen LogP) is -0.241. The van der Waals surface area contributed by atoms with Crippen molar-refractivity contribution in [1.82, 2.24) is 0 Å². The molecule has 0 aliphatic rings. The molecule has 4 heteroatoms. The second-order valence-corrected chi connectivity index (χ2v) is 2.34. The number of rotatable bonds is 2. The molecule has 0 aromatic rings. The van der Waals surface area contributed by atoms with Crippen LogP contribution >= 0.6 is 12.2 Å². The van der Waals surface area contributed by atoms with Gasteiger partial charge in [0, 0.05) is 6.04 Å². The monoisotopic (exact) mass is 143 g/mol. The zero-order chi connectivity index (χ0) is 7.44. The highest BCUT2D eigenvalue weighted by atomic mass is 32.1. The second kappa shape index (κ2) is 3.38. The van der Waals surface area contributed by atoms with Crippen LogP contribution in [0.15, 0.2) is 0 Å². The first-order valence-corrected chi connectivity index (χ1v) is 2.95. The number of nitrogens with zero attached hydrogens (tertiary/aromatic N) is 1. The number of nitriles is 1. The third kappa shape index (κ3) is 2.40. The van der Waals surface area contributed by atoms with Gasteiger partial charge in [-0.1, -0.05) is 12.2 Å². The lowest BCUT2D eigenvalue weighted by molar-refractivity contribution is 0.676. The van der Waals surface area contributed by atoms with E-state index < -0.39 is 5.92 Å². The molecule has 0 radical (unpaired) electrons. The number of hydrogen-bond donors (Lipinski definition) is 2. The van der Waals surface area contributed by atoms with Gasteiger partial charge in [0.15, 0.2) is 0 Å². The molecule has 4 N–H and O–H groups in total. The van der Waals surface area contributed by atoms with E-state index in [1.165, 1.54) is 0 Å². The van der Waals surface area contributed by atoms with Crippen molar-refractivity contribution in [3.8, 4) is 6.07 Å². The van der Waals surface area contributed by atoms with Crippen molar-refractivity contribution in [3.05, 3.63) is 0 Å². The molecule has 50 valence electrons. The first kappa shape index (κ1) is 8.34. The number of nitrogens with two attached hydrogens (primary N) is 2. The van der Waals surface area contributed by atoms with Crippen LogP contribution in [0.5, 0.6) is 0 Å². The molecule has 0 rings (SSSR count). The van der Waals surface area contributed by atoms with Crippen LogP contribution in [0.25, 0.3) is 0 Å². The largest absolute Gasteiger partial charge is 0.392 e. The molecule has 9 heavy (non-hydrogen) atoms. The van der Waals surface area contributed by atoms with Gasteiger partial charge in [-0.25, -0.2) is 0 Å². The molecule has 0 saturated heterocycles. The lowest BCUT2D eigenvalue weighted by Gasteiger charge is -2.09. The number of hydrogen-bond acceptors (Lipinski definition) is 3. The van der Waals surface area contributed by atoms with Crippen LogP contribution in [-0.2, 0) is 0 Å². The average Bonchev–Trinajstić information content (AvgIpc) is 1.64. The van der Waals surface area contributed by atoms with Crippen molar-refractivity contribution in [1.29, 1.82) is 5.26 Å². The SMILES string of the molecule is CC(N)C(C#N)C(N)=S. The fraction of sp³-hybridized carbons (Fsp3) is 0.600. The van der Waals surface area contributed by atoms with Crippen LogP contribution in [-0.4, -0.2) is 11.0 Å². The summed E-state index contributed by atoms with van der Waals surface area (Å²) in [7, 11) is 0. The molecular weight excluding hydrogens is 134 g/mol. The van der Waals surface area contributed by atoms with E-state index in [2.05, 4.69) is 12.2 Å². The van der Waals surface area contributed by atoms with Gasteiger partial charge in [0.1, 0.15) is 5.92 Å². The van der Waals surface area contributed by atoms with Gasteiger partial charge in [-0.05, 0) is 6.92 Å². The fourth-order valence-corrected chi connectivity index (χ4v) is 0.708. The summed E-state index contributed by atoms with van der Waals surface area (Å²) in [6.07, 6.45) is 0. The Balaban J connectivity index is 4.04. The van der Waals surface area contributed by atoms with E-state index in [1.54, 1.807) is 6.92 Å². The molecule has 0 aliphatic heterocycles. The highest BCUT2D eigenvalue weighted by molar-refractivity contribution is 7.80. The Morgan fingerprint density at radius 3 is 2.22 bits per heavy atom. The molecule has 0 fully saturated rings.